The third kappa shape index (κ3) is 3.95. The lowest BCUT2D eigenvalue weighted by molar-refractivity contribution is 0.262. The van der Waals surface area contributed by atoms with Crippen LogP contribution < -0.4 is 15.8 Å². The number of nitrogens with two attached hydrogens (primary N) is 1. The molecule has 3 aromatic rings. The Morgan fingerprint density at radius 2 is 2.15 bits per heavy atom. The van der Waals surface area contributed by atoms with E-state index >= 15 is 0 Å². The molecule has 0 aliphatic carbocycles. The average molecular weight is 361 g/mol. The molecule has 0 saturated carbocycles. The van der Waals surface area contributed by atoms with Crippen molar-refractivity contribution in [2.75, 3.05) is 6.61 Å². The van der Waals surface area contributed by atoms with E-state index in [9.17, 15) is 0 Å². The molecule has 1 aliphatic heterocycles. The van der Waals surface area contributed by atoms with Gasteiger partial charge in [0.1, 0.15) is 5.75 Å². The molecule has 1 unspecified atom stereocenters. The van der Waals surface area contributed by atoms with Gasteiger partial charge in [-0.1, -0.05) is 36.4 Å². The van der Waals surface area contributed by atoms with Gasteiger partial charge in [0.2, 0.25) is 0 Å². The van der Waals surface area contributed by atoms with Crippen molar-refractivity contribution in [1.29, 1.82) is 0 Å². The molecule has 6 heteroatoms. The van der Waals surface area contributed by atoms with Gasteiger partial charge in [-0.15, -0.1) is 0 Å². The third-order valence-corrected chi connectivity index (χ3v) is 4.68. The molecule has 0 bridgehead atoms. The number of fused-ring (bicyclic) bond motifs is 1. The number of benzene rings is 2. The molecule has 0 fully saturated rings. The fourth-order valence-electron chi connectivity index (χ4n) is 3.31. The van der Waals surface area contributed by atoms with E-state index in [-0.39, 0.29) is 6.04 Å². The zero-order chi connectivity index (χ0) is 18.6. The summed E-state index contributed by atoms with van der Waals surface area (Å²) < 4.78 is 7.49. The first-order valence-corrected chi connectivity index (χ1v) is 9.05. The molecule has 4 rings (SSSR count). The molecule has 0 radical (unpaired) electrons. The number of aromatic nitrogens is 2. The Balaban J connectivity index is 1.44. The van der Waals surface area contributed by atoms with Crippen molar-refractivity contribution in [3.63, 3.8) is 0 Å². The van der Waals surface area contributed by atoms with Crippen molar-refractivity contribution < 1.29 is 4.74 Å². The summed E-state index contributed by atoms with van der Waals surface area (Å²) in [7, 11) is 1.92. The Bertz CT molecular complexity index is 962. The molecule has 1 atom stereocenters. The Morgan fingerprint density at radius 3 is 3.00 bits per heavy atom. The van der Waals surface area contributed by atoms with Crippen LogP contribution in [0, 0.1) is 0 Å². The van der Waals surface area contributed by atoms with Gasteiger partial charge in [0.15, 0.2) is 5.96 Å². The molecule has 1 aliphatic rings. The molecular weight excluding hydrogens is 338 g/mol. The number of nitrogens with zero attached hydrogens (tertiary/aromatic N) is 3. The van der Waals surface area contributed by atoms with Crippen LogP contribution >= 0.6 is 0 Å². The molecule has 1 aromatic heterocycles. The highest BCUT2D eigenvalue weighted by atomic mass is 16.5. The van der Waals surface area contributed by atoms with Gasteiger partial charge in [0, 0.05) is 30.8 Å². The van der Waals surface area contributed by atoms with Crippen LogP contribution in [0.3, 0.4) is 0 Å². The van der Waals surface area contributed by atoms with Crippen LogP contribution in [0.15, 0.2) is 65.9 Å². The lowest BCUT2D eigenvalue weighted by atomic mass is 10.0. The van der Waals surface area contributed by atoms with Crippen LogP contribution in [-0.2, 0) is 13.6 Å². The summed E-state index contributed by atoms with van der Waals surface area (Å²) in [4.78, 5) is 4.52. The van der Waals surface area contributed by atoms with Crippen molar-refractivity contribution in [3.05, 3.63) is 72.1 Å². The first-order chi connectivity index (χ1) is 13.2. The van der Waals surface area contributed by atoms with Crippen LogP contribution in [0.4, 0.5) is 0 Å². The summed E-state index contributed by atoms with van der Waals surface area (Å²) >= 11 is 0. The largest absolute Gasteiger partial charge is 0.493 e. The molecule has 0 spiro atoms. The number of rotatable bonds is 4. The van der Waals surface area contributed by atoms with Crippen molar-refractivity contribution in [2.24, 2.45) is 17.8 Å². The van der Waals surface area contributed by atoms with E-state index in [1.54, 1.807) is 4.68 Å². The lowest BCUT2D eigenvalue weighted by Crippen LogP contribution is -2.37. The minimum Gasteiger partial charge on any atom is -0.493 e. The first-order valence-electron chi connectivity index (χ1n) is 9.05. The lowest BCUT2D eigenvalue weighted by Gasteiger charge is -2.26. The topological polar surface area (TPSA) is 77.5 Å². The Hall–Kier alpha value is -3.28. The summed E-state index contributed by atoms with van der Waals surface area (Å²) in [5.74, 6) is 1.36. The Morgan fingerprint density at radius 1 is 1.26 bits per heavy atom. The van der Waals surface area contributed by atoms with Gasteiger partial charge < -0.3 is 15.8 Å². The van der Waals surface area contributed by atoms with Crippen LogP contribution in [0.1, 0.15) is 23.6 Å². The maximum absolute atomic E-state index is 6.15. The predicted molar refractivity (Wildman–Crippen MR) is 106 cm³/mol. The summed E-state index contributed by atoms with van der Waals surface area (Å²) in [6, 6.07) is 16.5. The molecule has 2 aromatic carbocycles. The summed E-state index contributed by atoms with van der Waals surface area (Å²) in [6.07, 6.45) is 4.73. The summed E-state index contributed by atoms with van der Waals surface area (Å²) in [5, 5.41) is 7.56. The van der Waals surface area contributed by atoms with Crippen LogP contribution in [0.5, 0.6) is 5.75 Å². The van der Waals surface area contributed by atoms with E-state index in [0.29, 0.717) is 19.1 Å². The van der Waals surface area contributed by atoms with Crippen molar-refractivity contribution in [2.45, 2.75) is 19.0 Å². The maximum atomic E-state index is 6.15. The number of aliphatic imine (C=N–C) groups is 1. The minimum absolute atomic E-state index is 0.125. The third-order valence-electron chi connectivity index (χ3n) is 4.68. The van der Waals surface area contributed by atoms with Gasteiger partial charge in [-0.25, -0.2) is 4.99 Å². The second kappa shape index (κ2) is 7.53. The van der Waals surface area contributed by atoms with Crippen molar-refractivity contribution in [1.82, 2.24) is 15.1 Å². The minimum atomic E-state index is 0.125. The highest BCUT2D eigenvalue weighted by molar-refractivity contribution is 5.78. The quantitative estimate of drug-likeness (QED) is 0.553. The first kappa shape index (κ1) is 17.1. The predicted octanol–water partition coefficient (Wildman–Crippen LogP) is 3.02. The number of hydrogen-bond donors (Lipinski definition) is 2. The monoisotopic (exact) mass is 361 g/mol. The number of aryl methyl sites for hydroxylation is 1. The molecular formula is C21H23N5O. The maximum Gasteiger partial charge on any atom is 0.189 e. The van der Waals surface area contributed by atoms with Crippen LogP contribution in [0.2, 0.25) is 0 Å². The number of nitrogens with one attached hydrogen (secondary N) is 1. The number of hydrogen-bond acceptors (Lipinski definition) is 3. The van der Waals surface area contributed by atoms with E-state index < -0.39 is 0 Å². The van der Waals surface area contributed by atoms with Gasteiger partial charge >= 0.3 is 0 Å². The second-order valence-corrected chi connectivity index (χ2v) is 6.68. The zero-order valence-corrected chi connectivity index (χ0v) is 15.3. The molecule has 0 saturated heterocycles. The number of guanidine groups is 1. The molecule has 2 heterocycles. The smallest absolute Gasteiger partial charge is 0.189 e. The van der Waals surface area contributed by atoms with Gasteiger partial charge in [0.25, 0.3) is 0 Å². The fraction of sp³-hybridized carbons (Fsp3) is 0.238. The normalized spacial score (nSPS) is 16.5. The van der Waals surface area contributed by atoms with Crippen molar-refractivity contribution >= 4 is 5.96 Å². The van der Waals surface area contributed by atoms with Crippen LogP contribution in [0.25, 0.3) is 11.1 Å². The number of para-hydroxylation sites is 1. The summed E-state index contributed by atoms with van der Waals surface area (Å²) in [5.41, 5.74) is 10.6. The van der Waals surface area contributed by atoms with E-state index in [4.69, 9.17) is 10.5 Å². The second-order valence-electron chi connectivity index (χ2n) is 6.68. The standard InChI is InChI=1S/C21H23N5O/c1-26-14-17(13-24-26)16-6-4-5-15(11-16)12-23-21(22)25-19-9-10-27-20-8-3-2-7-18(19)20/h2-8,11,13-14,19H,9-10,12H2,1H3,(H3,22,23,25). The van der Waals surface area contributed by atoms with Gasteiger partial charge in [-0.3, -0.25) is 4.68 Å². The van der Waals surface area contributed by atoms with E-state index in [0.717, 1.165) is 34.4 Å². The zero-order valence-electron chi connectivity index (χ0n) is 15.3. The highest BCUT2D eigenvalue weighted by Gasteiger charge is 2.21. The molecule has 138 valence electrons. The molecule has 3 N–H and O–H groups in total. The van der Waals surface area contributed by atoms with Gasteiger partial charge in [0.05, 0.1) is 25.4 Å². The molecule has 27 heavy (non-hydrogen) atoms. The van der Waals surface area contributed by atoms with E-state index in [2.05, 4.69) is 39.7 Å². The van der Waals surface area contributed by atoms with Crippen molar-refractivity contribution in [3.8, 4) is 16.9 Å². The fourth-order valence-corrected chi connectivity index (χ4v) is 3.31. The highest BCUT2D eigenvalue weighted by Crippen LogP contribution is 2.31. The van der Waals surface area contributed by atoms with Crippen LogP contribution in [-0.4, -0.2) is 22.3 Å². The Kier molecular flexibility index (Phi) is 4.78. The summed E-state index contributed by atoms with van der Waals surface area (Å²) in [6.45, 7) is 1.20. The Labute approximate surface area is 158 Å². The number of ether oxygens (including phenoxy) is 1. The van der Waals surface area contributed by atoms with Gasteiger partial charge in [-0.05, 0) is 23.3 Å². The van der Waals surface area contributed by atoms with E-state index in [1.807, 2.05) is 43.7 Å². The van der Waals surface area contributed by atoms with Gasteiger partial charge in [-0.2, -0.15) is 5.10 Å². The van der Waals surface area contributed by atoms with E-state index in [1.165, 1.54) is 0 Å². The molecule has 6 nitrogen and oxygen atoms in total. The molecule has 0 amide bonds. The SMILES string of the molecule is Cn1cc(-c2cccc(CN=C(N)NC3CCOc4ccccc43)c2)cn1. The average Bonchev–Trinajstić information content (AvgIpc) is 3.13.